The Kier molecular flexibility index (Phi) is 4.77. The summed E-state index contributed by atoms with van der Waals surface area (Å²) >= 11 is 0. The van der Waals surface area contributed by atoms with Gasteiger partial charge in [0, 0.05) is 5.69 Å². The van der Waals surface area contributed by atoms with Gasteiger partial charge < -0.3 is 15.2 Å². The fourth-order valence-electron chi connectivity index (χ4n) is 1.95. The maximum absolute atomic E-state index is 13.2. The molecule has 2 aromatic carbocycles. The minimum Gasteiger partial charge on any atom is -0.508 e. The van der Waals surface area contributed by atoms with Crippen molar-refractivity contribution in [1.82, 2.24) is 0 Å². The highest BCUT2D eigenvalue weighted by atomic mass is 19.1. The van der Waals surface area contributed by atoms with Gasteiger partial charge in [0.2, 0.25) is 0 Å². The van der Waals surface area contributed by atoms with Crippen molar-refractivity contribution in [2.75, 3.05) is 11.9 Å². The highest BCUT2D eigenvalue weighted by Gasteiger charge is 2.22. The zero-order valence-electron chi connectivity index (χ0n) is 11.5. The number of hydrogen-bond donors (Lipinski definition) is 2. The van der Waals surface area contributed by atoms with Gasteiger partial charge in [-0.25, -0.2) is 9.18 Å². The van der Waals surface area contributed by atoms with Gasteiger partial charge in [-0.15, -0.1) is 0 Å². The molecular weight excluding hydrogens is 273 g/mol. The van der Waals surface area contributed by atoms with E-state index < -0.39 is 17.8 Å². The Bertz CT molecular complexity index is 630. The molecule has 110 valence electrons. The molecule has 1 atom stereocenters. The van der Waals surface area contributed by atoms with Crippen LogP contribution in [0.2, 0.25) is 0 Å². The molecule has 21 heavy (non-hydrogen) atoms. The van der Waals surface area contributed by atoms with E-state index in [1.165, 1.54) is 24.3 Å². The van der Waals surface area contributed by atoms with Crippen molar-refractivity contribution in [2.45, 2.75) is 13.0 Å². The summed E-state index contributed by atoms with van der Waals surface area (Å²) < 4.78 is 18.3. The molecule has 0 aliphatic rings. The first-order chi connectivity index (χ1) is 10.1. The number of aromatic hydroxyl groups is 1. The van der Waals surface area contributed by atoms with Crippen LogP contribution in [0, 0.1) is 5.82 Å². The van der Waals surface area contributed by atoms with E-state index in [1.807, 2.05) is 0 Å². The molecular formula is C16H16FNO3. The van der Waals surface area contributed by atoms with Gasteiger partial charge in [0.15, 0.2) is 6.04 Å². The number of rotatable bonds is 5. The summed E-state index contributed by atoms with van der Waals surface area (Å²) in [4.78, 5) is 12.1. The number of anilines is 1. The summed E-state index contributed by atoms with van der Waals surface area (Å²) in [6, 6.07) is 11.3. The molecule has 0 amide bonds. The number of carbonyl (C=O) groups excluding carboxylic acids is 1. The van der Waals surface area contributed by atoms with Crippen molar-refractivity contribution in [2.24, 2.45) is 0 Å². The van der Waals surface area contributed by atoms with Gasteiger partial charge in [-0.3, -0.25) is 0 Å². The quantitative estimate of drug-likeness (QED) is 0.830. The van der Waals surface area contributed by atoms with Crippen LogP contribution in [0.4, 0.5) is 10.1 Å². The number of nitrogens with one attached hydrogen (secondary N) is 1. The van der Waals surface area contributed by atoms with Crippen LogP contribution < -0.4 is 5.32 Å². The Hall–Kier alpha value is -2.56. The van der Waals surface area contributed by atoms with E-state index in [0.717, 1.165) is 0 Å². The summed E-state index contributed by atoms with van der Waals surface area (Å²) in [5.41, 5.74) is 0.995. The lowest BCUT2D eigenvalue weighted by molar-refractivity contribution is -0.144. The van der Waals surface area contributed by atoms with E-state index in [9.17, 15) is 14.3 Å². The first kappa shape index (κ1) is 14.8. The molecule has 0 fully saturated rings. The number of benzene rings is 2. The van der Waals surface area contributed by atoms with Gasteiger partial charge in [-0.2, -0.15) is 0 Å². The fraction of sp³-hybridized carbons (Fsp3) is 0.188. The van der Waals surface area contributed by atoms with Crippen molar-refractivity contribution in [3.8, 4) is 5.75 Å². The molecule has 0 saturated heterocycles. The van der Waals surface area contributed by atoms with Gasteiger partial charge in [0.1, 0.15) is 11.6 Å². The van der Waals surface area contributed by atoms with E-state index in [2.05, 4.69) is 5.32 Å². The van der Waals surface area contributed by atoms with Gasteiger partial charge >= 0.3 is 5.97 Å². The normalized spacial score (nSPS) is 11.7. The summed E-state index contributed by atoms with van der Waals surface area (Å²) in [6.45, 7) is 1.94. The number of carbonyl (C=O) groups is 1. The minimum atomic E-state index is -0.821. The van der Waals surface area contributed by atoms with Crippen LogP contribution in [-0.2, 0) is 9.53 Å². The predicted octanol–water partition coefficient (Wildman–Crippen LogP) is 3.25. The number of phenolic OH excluding ortho intramolecular Hbond substituents is 1. The zero-order chi connectivity index (χ0) is 15.2. The third-order valence-corrected chi connectivity index (χ3v) is 2.86. The van der Waals surface area contributed by atoms with Gasteiger partial charge in [0.05, 0.1) is 6.61 Å². The van der Waals surface area contributed by atoms with Crippen LogP contribution in [0.5, 0.6) is 5.75 Å². The smallest absolute Gasteiger partial charge is 0.333 e. The zero-order valence-corrected chi connectivity index (χ0v) is 11.5. The topological polar surface area (TPSA) is 58.6 Å². The lowest BCUT2D eigenvalue weighted by Gasteiger charge is -2.19. The molecule has 0 radical (unpaired) electrons. The van der Waals surface area contributed by atoms with E-state index in [0.29, 0.717) is 11.3 Å². The summed E-state index contributed by atoms with van der Waals surface area (Å²) in [5.74, 6) is -0.853. The Labute approximate surface area is 122 Å². The Morgan fingerprint density at radius 3 is 2.71 bits per heavy atom. The largest absolute Gasteiger partial charge is 0.508 e. The molecule has 0 saturated carbocycles. The Morgan fingerprint density at radius 2 is 2.05 bits per heavy atom. The first-order valence-corrected chi connectivity index (χ1v) is 6.58. The summed E-state index contributed by atoms with van der Waals surface area (Å²) in [5, 5.41) is 12.5. The molecule has 0 heterocycles. The van der Waals surface area contributed by atoms with Crippen LogP contribution in [0.25, 0.3) is 0 Å². The number of halogens is 1. The summed E-state index contributed by atoms with van der Waals surface area (Å²) in [7, 11) is 0. The van der Waals surface area contributed by atoms with E-state index in [1.54, 1.807) is 31.2 Å². The predicted molar refractivity (Wildman–Crippen MR) is 77.5 cm³/mol. The van der Waals surface area contributed by atoms with Crippen LogP contribution in [-0.4, -0.2) is 17.7 Å². The third kappa shape index (κ3) is 3.95. The lowest BCUT2D eigenvalue weighted by Crippen LogP contribution is -2.23. The van der Waals surface area contributed by atoms with Crippen LogP contribution in [0.3, 0.4) is 0 Å². The Morgan fingerprint density at radius 1 is 1.29 bits per heavy atom. The molecule has 0 aromatic heterocycles. The number of phenols is 1. The maximum Gasteiger partial charge on any atom is 0.333 e. The molecule has 1 unspecified atom stereocenters. The molecule has 0 bridgehead atoms. The highest BCUT2D eigenvalue weighted by molar-refractivity contribution is 5.81. The van der Waals surface area contributed by atoms with Crippen LogP contribution in [0.15, 0.2) is 48.5 Å². The SMILES string of the molecule is CCOC(=O)C(Nc1cccc(F)c1)c1cccc(O)c1. The molecule has 2 aromatic rings. The van der Waals surface area contributed by atoms with Gasteiger partial charge in [-0.05, 0) is 42.8 Å². The molecule has 0 spiro atoms. The average Bonchev–Trinajstić information content (AvgIpc) is 2.45. The summed E-state index contributed by atoms with van der Waals surface area (Å²) in [6.07, 6.45) is 0. The second kappa shape index (κ2) is 6.74. The minimum absolute atomic E-state index is 0.0443. The van der Waals surface area contributed by atoms with E-state index in [4.69, 9.17) is 4.74 Å². The number of hydrogen-bond acceptors (Lipinski definition) is 4. The first-order valence-electron chi connectivity index (χ1n) is 6.58. The standard InChI is InChI=1S/C16H16FNO3/c1-2-21-16(20)15(11-5-3-8-14(19)9-11)18-13-7-4-6-12(17)10-13/h3-10,15,18-19H,2H2,1H3. The van der Waals surface area contributed by atoms with E-state index >= 15 is 0 Å². The number of ether oxygens (including phenoxy) is 1. The second-order valence-corrected chi connectivity index (χ2v) is 4.43. The second-order valence-electron chi connectivity index (χ2n) is 4.43. The van der Waals surface area contributed by atoms with Gasteiger partial charge in [0.25, 0.3) is 0 Å². The van der Waals surface area contributed by atoms with Crippen molar-refractivity contribution in [3.05, 3.63) is 59.9 Å². The highest BCUT2D eigenvalue weighted by Crippen LogP contribution is 2.24. The van der Waals surface area contributed by atoms with Crippen LogP contribution in [0.1, 0.15) is 18.5 Å². The Balaban J connectivity index is 2.30. The van der Waals surface area contributed by atoms with Crippen LogP contribution >= 0.6 is 0 Å². The number of esters is 1. The molecule has 4 nitrogen and oxygen atoms in total. The van der Waals surface area contributed by atoms with Crippen molar-refractivity contribution in [3.63, 3.8) is 0 Å². The molecule has 2 N–H and O–H groups in total. The third-order valence-electron chi connectivity index (χ3n) is 2.86. The molecule has 0 aliphatic heterocycles. The fourth-order valence-corrected chi connectivity index (χ4v) is 1.95. The molecule has 0 aliphatic carbocycles. The molecule has 5 heteroatoms. The average molecular weight is 289 g/mol. The van der Waals surface area contributed by atoms with Gasteiger partial charge in [-0.1, -0.05) is 18.2 Å². The maximum atomic E-state index is 13.2. The molecule has 2 rings (SSSR count). The van der Waals surface area contributed by atoms with Crippen molar-refractivity contribution in [1.29, 1.82) is 0 Å². The lowest BCUT2D eigenvalue weighted by atomic mass is 10.1. The van der Waals surface area contributed by atoms with E-state index in [-0.39, 0.29) is 12.4 Å². The van der Waals surface area contributed by atoms with Crippen molar-refractivity contribution >= 4 is 11.7 Å². The monoisotopic (exact) mass is 289 g/mol. The van der Waals surface area contributed by atoms with Crippen molar-refractivity contribution < 1.29 is 19.0 Å².